The average molecular weight is 271 g/mol. The zero-order chi connectivity index (χ0) is 13.8. The highest BCUT2D eigenvalue weighted by molar-refractivity contribution is 7.89. The van der Waals surface area contributed by atoms with E-state index in [-0.39, 0.29) is 18.0 Å². The molecule has 0 aliphatic heterocycles. The molecule has 0 heterocycles. The number of aryl methyl sites for hydroxylation is 1. The molecule has 0 aromatic heterocycles. The summed E-state index contributed by atoms with van der Waals surface area (Å²) in [6.07, 6.45) is 0. The van der Waals surface area contributed by atoms with Gasteiger partial charge in [-0.05, 0) is 31.5 Å². The van der Waals surface area contributed by atoms with Crippen LogP contribution in [0.5, 0.6) is 0 Å². The Balaban J connectivity index is 2.90. The number of likely N-dealkylation sites (N-methyl/N-ethyl adjacent to an activating group) is 1. The number of carbonyl (C=O) groups is 1. The summed E-state index contributed by atoms with van der Waals surface area (Å²) in [4.78, 5) is 11.4. The van der Waals surface area contributed by atoms with Gasteiger partial charge in [-0.3, -0.25) is 4.79 Å². The van der Waals surface area contributed by atoms with Gasteiger partial charge in [0.25, 0.3) is 0 Å². The Morgan fingerprint density at radius 3 is 2.61 bits per heavy atom. The van der Waals surface area contributed by atoms with Crippen molar-refractivity contribution in [3.8, 4) is 0 Å². The Hall–Kier alpha value is -1.40. The van der Waals surface area contributed by atoms with Crippen LogP contribution in [0.3, 0.4) is 0 Å². The van der Waals surface area contributed by atoms with Crippen LogP contribution in [0.2, 0.25) is 0 Å². The van der Waals surface area contributed by atoms with Crippen molar-refractivity contribution in [2.75, 3.05) is 20.2 Å². The number of nitrogens with zero attached hydrogens (tertiary/aromatic N) is 1. The molecule has 0 amide bonds. The second-order valence-corrected chi connectivity index (χ2v) is 5.93. The second kappa shape index (κ2) is 5.97. The zero-order valence-corrected chi connectivity index (χ0v) is 11.5. The van der Waals surface area contributed by atoms with Crippen molar-refractivity contribution in [2.24, 2.45) is 0 Å². The number of carbonyl (C=O) groups excluding carboxylic acids is 1. The van der Waals surface area contributed by atoms with Crippen LogP contribution in [-0.4, -0.2) is 38.9 Å². The smallest absolute Gasteiger partial charge is 0.321 e. The van der Waals surface area contributed by atoms with Gasteiger partial charge >= 0.3 is 5.97 Å². The SMILES string of the molecule is CCOC(=O)CN(C)S(=O)(=O)c1cccc(C)c1. The quantitative estimate of drug-likeness (QED) is 0.754. The average Bonchev–Trinajstić information content (AvgIpc) is 2.29. The summed E-state index contributed by atoms with van der Waals surface area (Å²) >= 11 is 0. The third-order valence-corrected chi connectivity index (χ3v) is 4.15. The highest BCUT2D eigenvalue weighted by atomic mass is 32.2. The van der Waals surface area contributed by atoms with Gasteiger partial charge in [-0.15, -0.1) is 0 Å². The minimum absolute atomic E-state index is 0.175. The van der Waals surface area contributed by atoms with Crippen LogP contribution in [0.15, 0.2) is 29.2 Å². The lowest BCUT2D eigenvalue weighted by Crippen LogP contribution is -2.33. The number of sulfonamides is 1. The molecule has 1 aromatic rings. The first-order chi connectivity index (χ1) is 8.37. The number of rotatable bonds is 5. The van der Waals surface area contributed by atoms with Gasteiger partial charge in [-0.2, -0.15) is 4.31 Å². The Kier molecular flexibility index (Phi) is 4.86. The molecule has 6 heteroatoms. The fraction of sp³-hybridized carbons (Fsp3) is 0.417. The van der Waals surface area contributed by atoms with Crippen molar-refractivity contribution < 1.29 is 17.9 Å². The van der Waals surface area contributed by atoms with Crippen LogP contribution >= 0.6 is 0 Å². The molecule has 18 heavy (non-hydrogen) atoms. The summed E-state index contributed by atoms with van der Waals surface area (Å²) < 4.78 is 30.0. The summed E-state index contributed by atoms with van der Waals surface area (Å²) in [5.74, 6) is -0.559. The highest BCUT2D eigenvalue weighted by Gasteiger charge is 2.23. The number of esters is 1. The first-order valence-corrected chi connectivity index (χ1v) is 7.00. The van der Waals surface area contributed by atoms with Crippen molar-refractivity contribution >= 4 is 16.0 Å². The summed E-state index contributed by atoms with van der Waals surface area (Å²) in [5.41, 5.74) is 0.848. The summed E-state index contributed by atoms with van der Waals surface area (Å²) in [6.45, 7) is 3.43. The van der Waals surface area contributed by atoms with Crippen LogP contribution < -0.4 is 0 Å². The minimum atomic E-state index is -3.64. The molecule has 0 fully saturated rings. The van der Waals surface area contributed by atoms with E-state index in [4.69, 9.17) is 4.74 Å². The van der Waals surface area contributed by atoms with Gasteiger partial charge in [-0.1, -0.05) is 12.1 Å². The molecule has 0 radical (unpaired) electrons. The summed E-state index contributed by atoms with van der Waals surface area (Å²) in [5, 5.41) is 0. The van der Waals surface area contributed by atoms with Crippen molar-refractivity contribution in [3.63, 3.8) is 0 Å². The Morgan fingerprint density at radius 1 is 1.39 bits per heavy atom. The normalized spacial score (nSPS) is 11.6. The topological polar surface area (TPSA) is 63.7 Å². The third kappa shape index (κ3) is 3.54. The number of benzene rings is 1. The first kappa shape index (κ1) is 14.7. The lowest BCUT2D eigenvalue weighted by Gasteiger charge is -2.16. The van der Waals surface area contributed by atoms with Crippen LogP contribution in [-0.2, 0) is 19.6 Å². The molecule has 0 unspecified atom stereocenters. The van der Waals surface area contributed by atoms with E-state index in [0.29, 0.717) is 0 Å². The van der Waals surface area contributed by atoms with Crippen LogP contribution in [0.25, 0.3) is 0 Å². The standard InChI is InChI=1S/C12H17NO4S/c1-4-17-12(14)9-13(3)18(15,16)11-7-5-6-10(2)8-11/h5-8H,4,9H2,1-3H3. The van der Waals surface area contributed by atoms with Crippen molar-refractivity contribution in [1.29, 1.82) is 0 Å². The predicted octanol–water partition coefficient (Wildman–Crippen LogP) is 1.18. The molecule has 0 spiro atoms. The van der Waals surface area contributed by atoms with Crippen molar-refractivity contribution in [1.82, 2.24) is 4.31 Å². The maximum Gasteiger partial charge on any atom is 0.321 e. The van der Waals surface area contributed by atoms with E-state index < -0.39 is 16.0 Å². The van der Waals surface area contributed by atoms with Gasteiger partial charge in [0, 0.05) is 7.05 Å². The molecule has 1 aromatic carbocycles. The van der Waals surface area contributed by atoms with Gasteiger partial charge in [0.1, 0.15) is 6.54 Å². The molecular weight excluding hydrogens is 254 g/mol. The monoisotopic (exact) mass is 271 g/mol. The van der Waals surface area contributed by atoms with E-state index in [1.54, 1.807) is 19.1 Å². The van der Waals surface area contributed by atoms with E-state index in [9.17, 15) is 13.2 Å². The van der Waals surface area contributed by atoms with E-state index in [1.807, 2.05) is 13.0 Å². The van der Waals surface area contributed by atoms with E-state index in [1.165, 1.54) is 13.1 Å². The maximum absolute atomic E-state index is 12.1. The van der Waals surface area contributed by atoms with Gasteiger partial charge in [0.15, 0.2) is 0 Å². The van der Waals surface area contributed by atoms with Crippen molar-refractivity contribution in [3.05, 3.63) is 29.8 Å². The lowest BCUT2D eigenvalue weighted by molar-refractivity contribution is -0.143. The Bertz CT molecular complexity index is 525. The predicted molar refractivity (Wildman–Crippen MR) is 67.6 cm³/mol. The van der Waals surface area contributed by atoms with Crippen molar-refractivity contribution in [2.45, 2.75) is 18.7 Å². The first-order valence-electron chi connectivity index (χ1n) is 5.56. The summed E-state index contributed by atoms with van der Waals surface area (Å²) in [7, 11) is -2.29. The molecule has 100 valence electrons. The lowest BCUT2D eigenvalue weighted by atomic mass is 10.2. The third-order valence-electron chi connectivity index (χ3n) is 2.35. The molecule has 5 nitrogen and oxygen atoms in total. The Labute approximate surface area is 107 Å². The largest absolute Gasteiger partial charge is 0.465 e. The molecule has 0 aliphatic rings. The molecule has 0 aliphatic carbocycles. The number of hydrogen-bond acceptors (Lipinski definition) is 4. The zero-order valence-electron chi connectivity index (χ0n) is 10.7. The van der Waals surface area contributed by atoms with E-state index in [0.717, 1.165) is 9.87 Å². The minimum Gasteiger partial charge on any atom is -0.465 e. The molecule has 0 N–H and O–H groups in total. The van der Waals surface area contributed by atoms with Crippen LogP contribution in [0, 0.1) is 6.92 Å². The summed E-state index contributed by atoms with van der Waals surface area (Å²) in [6, 6.07) is 6.55. The molecule has 0 saturated heterocycles. The Morgan fingerprint density at radius 2 is 2.06 bits per heavy atom. The van der Waals surface area contributed by atoms with Gasteiger partial charge in [0.05, 0.1) is 11.5 Å². The molecule has 0 atom stereocenters. The molecule has 0 bridgehead atoms. The number of hydrogen-bond donors (Lipinski definition) is 0. The number of ether oxygens (including phenoxy) is 1. The van der Waals surface area contributed by atoms with Gasteiger partial charge in [-0.25, -0.2) is 8.42 Å². The van der Waals surface area contributed by atoms with Gasteiger partial charge in [0.2, 0.25) is 10.0 Å². The molecular formula is C12H17NO4S. The van der Waals surface area contributed by atoms with Crippen LogP contribution in [0.1, 0.15) is 12.5 Å². The highest BCUT2D eigenvalue weighted by Crippen LogP contribution is 2.15. The van der Waals surface area contributed by atoms with E-state index in [2.05, 4.69) is 0 Å². The molecule has 1 rings (SSSR count). The van der Waals surface area contributed by atoms with Gasteiger partial charge < -0.3 is 4.74 Å². The van der Waals surface area contributed by atoms with E-state index >= 15 is 0 Å². The fourth-order valence-corrected chi connectivity index (χ4v) is 2.65. The second-order valence-electron chi connectivity index (χ2n) is 3.88. The fourth-order valence-electron chi connectivity index (χ4n) is 1.43. The maximum atomic E-state index is 12.1. The van der Waals surface area contributed by atoms with Crippen LogP contribution in [0.4, 0.5) is 0 Å². The molecule has 0 saturated carbocycles.